The number of piperidine rings is 1. The summed E-state index contributed by atoms with van der Waals surface area (Å²) in [6.07, 6.45) is 0.553. The third-order valence-electron chi connectivity index (χ3n) is 3.56. The summed E-state index contributed by atoms with van der Waals surface area (Å²) in [4.78, 5) is 10.8. The minimum atomic E-state index is -3.79. The summed E-state index contributed by atoms with van der Waals surface area (Å²) in [6, 6.07) is 4.10. The molecule has 1 aliphatic rings. The van der Waals surface area contributed by atoms with Gasteiger partial charge in [0.1, 0.15) is 5.82 Å². The van der Waals surface area contributed by atoms with Gasteiger partial charge in [0.05, 0.1) is 11.6 Å². The molecule has 0 radical (unpaired) electrons. The number of anilines is 1. The molecule has 21 heavy (non-hydrogen) atoms. The Kier molecular flexibility index (Phi) is 4.48. The molecule has 0 unspecified atom stereocenters. The lowest BCUT2D eigenvalue weighted by molar-refractivity contribution is -0.142. The van der Waals surface area contributed by atoms with Gasteiger partial charge in [0.15, 0.2) is 0 Å². The molecule has 1 aromatic rings. The maximum atomic E-state index is 13.4. The van der Waals surface area contributed by atoms with E-state index in [0.29, 0.717) is 5.56 Å². The SMILES string of the molecule is Cc1ccc(NS(=O)(=O)N2CCC(C(=O)O)CC2)cc1F. The second kappa shape index (κ2) is 5.98. The van der Waals surface area contributed by atoms with Crippen LogP contribution in [0.25, 0.3) is 0 Å². The van der Waals surface area contributed by atoms with Crippen molar-refractivity contribution in [2.24, 2.45) is 5.92 Å². The van der Waals surface area contributed by atoms with E-state index in [1.54, 1.807) is 6.92 Å². The van der Waals surface area contributed by atoms with Gasteiger partial charge in [0.2, 0.25) is 0 Å². The van der Waals surface area contributed by atoms with E-state index in [-0.39, 0.29) is 31.6 Å². The van der Waals surface area contributed by atoms with Crippen LogP contribution < -0.4 is 4.72 Å². The molecule has 0 aromatic heterocycles. The Hall–Kier alpha value is -1.67. The number of hydrogen-bond acceptors (Lipinski definition) is 3. The molecule has 8 heteroatoms. The van der Waals surface area contributed by atoms with Crippen molar-refractivity contribution >= 4 is 21.9 Å². The molecule has 0 atom stereocenters. The van der Waals surface area contributed by atoms with Gasteiger partial charge in [-0.1, -0.05) is 6.07 Å². The Labute approximate surface area is 122 Å². The Morgan fingerprint density at radius 1 is 1.38 bits per heavy atom. The second-order valence-electron chi connectivity index (χ2n) is 5.08. The first-order chi connectivity index (χ1) is 9.79. The van der Waals surface area contributed by atoms with Crippen molar-refractivity contribution in [3.05, 3.63) is 29.6 Å². The molecule has 1 heterocycles. The summed E-state index contributed by atoms with van der Waals surface area (Å²) in [5.41, 5.74) is 0.582. The topological polar surface area (TPSA) is 86.7 Å². The fourth-order valence-electron chi connectivity index (χ4n) is 2.21. The summed E-state index contributed by atoms with van der Waals surface area (Å²) < 4.78 is 41.3. The van der Waals surface area contributed by atoms with Crippen molar-refractivity contribution in [2.75, 3.05) is 17.8 Å². The van der Waals surface area contributed by atoms with Crippen LogP contribution in [0.5, 0.6) is 0 Å². The Morgan fingerprint density at radius 2 is 2.00 bits per heavy atom. The molecule has 6 nitrogen and oxygen atoms in total. The zero-order valence-electron chi connectivity index (χ0n) is 11.5. The van der Waals surface area contributed by atoms with Crippen LogP contribution in [0, 0.1) is 18.7 Å². The van der Waals surface area contributed by atoms with E-state index in [4.69, 9.17) is 5.11 Å². The highest BCUT2D eigenvalue weighted by molar-refractivity contribution is 7.90. The van der Waals surface area contributed by atoms with Crippen molar-refractivity contribution in [2.45, 2.75) is 19.8 Å². The normalized spacial score (nSPS) is 17.6. The van der Waals surface area contributed by atoms with Crippen LogP contribution in [-0.2, 0) is 15.0 Å². The number of carboxylic acid groups (broad SMARTS) is 1. The number of nitrogens with zero attached hydrogens (tertiary/aromatic N) is 1. The van der Waals surface area contributed by atoms with Gasteiger partial charge in [-0.15, -0.1) is 0 Å². The van der Waals surface area contributed by atoms with E-state index >= 15 is 0 Å². The third-order valence-corrected chi connectivity index (χ3v) is 5.10. The van der Waals surface area contributed by atoms with Crippen molar-refractivity contribution < 1.29 is 22.7 Å². The number of carboxylic acids is 1. The molecule has 0 aliphatic carbocycles. The van der Waals surface area contributed by atoms with Gasteiger partial charge < -0.3 is 5.11 Å². The maximum Gasteiger partial charge on any atom is 0.306 e. The Balaban J connectivity index is 2.05. The molecular weight excluding hydrogens is 299 g/mol. The molecule has 0 bridgehead atoms. The van der Waals surface area contributed by atoms with Crippen molar-refractivity contribution in [3.8, 4) is 0 Å². The van der Waals surface area contributed by atoms with Crippen LogP contribution in [0.2, 0.25) is 0 Å². The average Bonchev–Trinajstić information content (AvgIpc) is 2.43. The lowest BCUT2D eigenvalue weighted by Crippen LogP contribution is -2.42. The predicted octanol–water partition coefficient (Wildman–Crippen LogP) is 1.59. The zero-order valence-corrected chi connectivity index (χ0v) is 12.4. The maximum absolute atomic E-state index is 13.4. The van der Waals surface area contributed by atoms with Crippen LogP contribution >= 0.6 is 0 Å². The smallest absolute Gasteiger partial charge is 0.306 e. The molecule has 0 saturated carbocycles. The van der Waals surface area contributed by atoms with E-state index in [1.807, 2.05) is 0 Å². The van der Waals surface area contributed by atoms with Gasteiger partial charge in [-0.2, -0.15) is 12.7 Å². The summed E-state index contributed by atoms with van der Waals surface area (Å²) >= 11 is 0. The van der Waals surface area contributed by atoms with Crippen LogP contribution in [0.3, 0.4) is 0 Å². The quantitative estimate of drug-likeness (QED) is 0.883. The first-order valence-corrected chi connectivity index (χ1v) is 8.00. The lowest BCUT2D eigenvalue weighted by Gasteiger charge is -2.29. The third kappa shape index (κ3) is 3.70. The first kappa shape index (κ1) is 15.7. The molecule has 2 rings (SSSR count). The highest BCUT2D eigenvalue weighted by Gasteiger charge is 2.30. The molecule has 1 fully saturated rings. The summed E-state index contributed by atoms with van der Waals surface area (Å²) in [6.45, 7) is 1.87. The largest absolute Gasteiger partial charge is 0.481 e. The van der Waals surface area contributed by atoms with Gasteiger partial charge >= 0.3 is 16.2 Å². The Morgan fingerprint density at radius 3 is 2.52 bits per heavy atom. The van der Waals surface area contributed by atoms with Crippen LogP contribution in [0.15, 0.2) is 18.2 Å². The van der Waals surface area contributed by atoms with Gasteiger partial charge in [0, 0.05) is 13.1 Å². The number of rotatable bonds is 4. The molecule has 1 aliphatic heterocycles. The molecule has 0 amide bonds. The van der Waals surface area contributed by atoms with Crippen LogP contribution in [-0.4, -0.2) is 36.9 Å². The fourth-order valence-corrected chi connectivity index (χ4v) is 3.46. The van der Waals surface area contributed by atoms with Crippen molar-refractivity contribution in [3.63, 3.8) is 0 Å². The number of carbonyl (C=O) groups is 1. The molecule has 1 saturated heterocycles. The van der Waals surface area contributed by atoms with E-state index in [0.717, 1.165) is 6.07 Å². The number of aryl methyl sites for hydroxylation is 1. The summed E-state index contributed by atoms with van der Waals surface area (Å²) in [5, 5.41) is 8.89. The number of hydrogen-bond donors (Lipinski definition) is 2. The Bertz CT molecular complexity index is 640. The van der Waals surface area contributed by atoms with Gasteiger partial charge in [-0.05, 0) is 37.5 Å². The lowest BCUT2D eigenvalue weighted by atomic mass is 9.99. The van der Waals surface area contributed by atoms with Gasteiger partial charge in [-0.3, -0.25) is 9.52 Å². The standard InChI is InChI=1S/C13H17FN2O4S/c1-9-2-3-11(8-12(9)14)15-21(19,20)16-6-4-10(5-7-16)13(17)18/h2-3,8,10,15H,4-7H2,1H3,(H,17,18). The zero-order chi connectivity index (χ0) is 15.6. The van der Waals surface area contributed by atoms with Crippen molar-refractivity contribution in [1.82, 2.24) is 4.31 Å². The monoisotopic (exact) mass is 316 g/mol. The highest BCUT2D eigenvalue weighted by Crippen LogP contribution is 2.22. The number of benzene rings is 1. The van der Waals surface area contributed by atoms with Gasteiger partial charge in [0.25, 0.3) is 0 Å². The van der Waals surface area contributed by atoms with Crippen LogP contribution in [0.1, 0.15) is 18.4 Å². The van der Waals surface area contributed by atoms with E-state index in [2.05, 4.69) is 4.72 Å². The van der Waals surface area contributed by atoms with E-state index in [1.165, 1.54) is 16.4 Å². The fraction of sp³-hybridized carbons (Fsp3) is 0.462. The van der Waals surface area contributed by atoms with E-state index in [9.17, 15) is 17.6 Å². The summed E-state index contributed by atoms with van der Waals surface area (Å²) in [5.74, 6) is -1.89. The summed E-state index contributed by atoms with van der Waals surface area (Å²) in [7, 11) is -3.79. The molecule has 116 valence electrons. The molecule has 2 N–H and O–H groups in total. The number of aliphatic carboxylic acids is 1. The molecular formula is C13H17FN2O4S. The van der Waals surface area contributed by atoms with Crippen LogP contribution in [0.4, 0.5) is 10.1 Å². The second-order valence-corrected chi connectivity index (χ2v) is 6.75. The van der Waals surface area contributed by atoms with Crippen molar-refractivity contribution in [1.29, 1.82) is 0 Å². The first-order valence-electron chi connectivity index (χ1n) is 6.56. The predicted molar refractivity (Wildman–Crippen MR) is 75.6 cm³/mol. The molecule has 0 spiro atoms. The molecule has 1 aromatic carbocycles. The van der Waals surface area contributed by atoms with E-state index < -0.39 is 27.9 Å². The average molecular weight is 316 g/mol. The van der Waals surface area contributed by atoms with Gasteiger partial charge in [-0.25, -0.2) is 4.39 Å². The minimum absolute atomic E-state index is 0.140. The number of halogens is 1. The minimum Gasteiger partial charge on any atom is -0.481 e. The number of nitrogens with one attached hydrogen (secondary N) is 1. The highest BCUT2D eigenvalue weighted by atomic mass is 32.2.